The Bertz CT molecular complexity index is 584. The summed E-state index contributed by atoms with van der Waals surface area (Å²) in [6.07, 6.45) is 3.21. The third kappa shape index (κ3) is 2.58. The molecule has 2 aromatic rings. The van der Waals surface area contributed by atoms with E-state index in [9.17, 15) is 4.79 Å². The highest BCUT2D eigenvalue weighted by atomic mass is 16.1. The molecule has 0 fully saturated rings. The lowest BCUT2D eigenvalue weighted by molar-refractivity contribution is 0.460. The van der Waals surface area contributed by atoms with Gasteiger partial charge in [0.25, 0.3) is 5.56 Å². The van der Waals surface area contributed by atoms with Crippen molar-refractivity contribution in [1.29, 1.82) is 0 Å². The first-order valence-corrected chi connectivity index (χ1v) is 5.89. The minimum Gasteiger partial charge on any atom is -0.394 e. The Hall–Kier alpha value is -2.11. The van der Waals surface area contributed by atoms with Gasteiger partial charge in [-0.25, -0.2) is 9.67 Å². The van der Waals surface area contributed by atoms with Crippen LogP contribution in [-0.2, 0) is 13.1 Å². The number of nitrogen functional groups attached to an aromatic ring is 1. The standard InChI is InChI=1S/C12H17N5O/c1-9(2)6-17-11(14-8-15-17)7-16-5-3-4-10(13)12(16)18/h3-5,8-9H,6-7,13H2,1-2H3. The molecule has 0 bridgehead atoms. The Morgan fingerprint density at radius 2 is 2.22 bits per heavy atom. The molecule has 2 rings (SSSR count). The first kappa shape index (κ1) is 12.3. The molecule has 0 aliphatic heterocycles. The SMILES string of the molecule is CC(C)Cn1ncnc1Cn1cccc(N)c1=O. The van der Waals surface area contributed by atoms with E-state index in [0.717, 1.165) is 12.4 Å². The smallest absolute Gasteiger partial charge is 0.274 e. The topological polar surface area (TPSA) is 78.7 Å². The van der Waals surface area contributed by atoms with Crippen LogP contribution in [0.2, 0.25) is 0 Å². The molecule has 0 spiro atoms. The molecular formula is C12H17N5O. The molecule has 2 N–H and O–H groups in total. The van der Waals surface area contributed by atoms with Crippen LogP contribution in [0.15, 0.2) is 29.5 Å². The molecule has 18 heavy (non-hydrogen) atoms. The Balaban J connectivity index is 2.26. The third-order valence-corrected chi connectivity index (χ3v) is 2.60. The van der Waals surface area contributed by atoms with E-state index < -0.39 is 0 Å². The number of pyridine rings is 1. The minimum absolute atomic E-state index is 0.198. The second-order valence-electron chi connectivity index (χ2n) is 4.65. The molecule has 6 nitrogen and oxygen atoms in total. The van der Waals surface area contributed by atoms with Crippen molar-refractivity contribution in [2.24, 2.45) is 5.92 Å². The maximum Gasteiger partial charge on any atom is 0.274 e. The average Bonchev–Trinajstić information content (AvgIpc) is 2.72. The van der Waals surface area contributed by atoms with Gasteiger partial charge in [0.15, 0.2) is 0 Å². The second kappa shape index (κ2) is 5.03. The van der Waals surface area contributed by atoms with Crippen molar-refractivity contribution in [2.45, 2.75) is 26.9 Å². The summed E-state index contributed by atoms with van der Waals surface area (Å²) in [5.74, 6) is 1.24. The Morgan fingerprint density at radius 3 is 2.94 bits per heavy atom. The molecule has 0 saturated heterocycles. The fourth-order valence-corrected chi connectivity index (χ4v) is 1.74. The average molecular weight is 247 g/mol. The molecule has 0 radical (unpaired) electrons. The van der Waals surface area contributed by atoms with Crippen LogP contribution in [0.25, 0.3) is 0 Å². The lowest BCUT2D eigenvalue weighted by Crippen LogP contribution is -2.24. The zero-order valence-electron chi connectivity index (χ0n) is 10.6. The van der Waals surface area contributed by atoms with Gasteiger partial charge >= 0.3 is 0 Å². The summed E-state index contributed by atoms with van der Waals surface area (Å²) >= 11 is 0. The molecule has 2 heterocycles. The summed E-state index contributed by atoms with van der Waals surface area (Å²) in [6, 6.07) is 3.34. The van der Waals surface area contributed by atoms with Gasteiger partial charge < -0.3 is 10.3 Å². The van der Waals surface area contributed by atoms with Crippen LogP contribution < -0.4 is 11.3 Å². The van der Waals surface area contributed by atoms with Gasteiger partial charge in [-0.3, -0.25) is 4.79 Å². The highest BCUT2D eigenvalue weighted by molar-refractivity contribution is 5.33. The van der Waals surface area contributed by atoms with Gasteiger partial charge in [-0.15, -0.1) is 0 Å². The fourth-order valence-electron chi connectivity index (χ4n) is 1.74. The van der Waals surface area contributed by atoms with Gasteiger partial charge in [-0.05, 0) is 18.1 Å². The van der Waals surface area contributed by atoms with Gasteiger partial charge in [-0.2, -0.15) is 5.10 Å². The normalized spacial score (nSPS) is 11.1. The first-order chi connectivity index (χ1) is 8.58. The Labute approximate surface area is 105 Å². The van der Waals surface area contributed by atoms with Crippen molar-refractivity contribution in [3.8, 4) is 0 Å². The van der Waals surface area contributed by atoms with Crippen molar-refractivity contribution < 1.29 is 0 Å². The van der Waals surface area contributed by atoms with Crippen LogP contribution in [0.4, 0.5) is 5.69 Å². The predicted molar refractivity (Wildman–Crippen MR) is 69.1 cm³/mol. The van der Waals surface area contributed by atoms with E-state index in [0.29, 0.717) is 12.5 Å². The summed E-state index contributed by atoms with van der Waals surface area (Å²) in [5, 5.41) is 4.16. The van der Waals surface area contributed by atoms with E-state index in [4.69, 9.17) is 5.73 Å². The van der Waals surface area contributed by atoms with Crippen LogP contribution in [0.5, 0.6) is 0 Å². The number of nitrogens with two attached hydrogens (primary N) is 1. The molecule has 0 unspecified atom stereocenters. The van der Waals surface area contributed by atoms with Gasteiger partial charge in [0.05, 0.1) is 12.2 Å². The molecule has 96 valence electrons. The number of anilines is 1. The Kier molecular flexibility index (Phi) is 3.45. The van der Waals surface area contributed by atoms with E-state index in [-0.39, 0.29) is 11.2 Å². The quantitative estimate of drug-likeness (QED) is 0.863. The van der Waals surface area contributed by atoms with Gasteiger partial charge in [0, 0.05) is 12.7 Å². The number of nitrogens with zero attached hydrogens (tertiary/aromatic N) is 4. The molecule has 0 aromatic carbocycles. The van der Waals surface area contributed by atoms with Crippen LogP contribution in [0.3, 0.4) is 0 Å². The molecule has 0 aliphatic rings. The van der Waals surface area contributed by atoms with Crippen LogP contribution in [0, 0.1) is 5.92 Å². The summed E-state index contributed by atoms with van der Waals surface area (Å²) in [4.78, 5) is 16.0. The lowest BCUT2D eigenvalue weighted by Gasteiger charge is -2.10. The molecule has 2 aromatic heterocycles. The minimum atomic E-state index is -0.198. The second-order valence-corrected chi connectivity index (χ2v) is 4.65. The fraction of sp³-hybridized carbons (Fsp3) is 0.417. The van der Waals surface area contributed by atoms with Crippen molar-refractivity contribution >= 4 is 5.69 Å². The number of hydrogen-bond donors (Lipinski definition) is 1. The summed E-state index contributed by atoms with van der Waals surface area (Å²) < 4.78 is 3.36. The lowest BCUT2D eigenvalue weighted by atomic mass is 10.2. The van der Waals surface area contributed by atoms with Crippen molar-refractivity contribution in [3.05, 3.63) is 40.8 Å². The molecule has 0 amide bonds. The summed E-state index contributed by atoms with van der Waals surface area (Å²) in [7, 11) is 0. The largest absolute Gasteiger partial charge is 0.394 e. The third-order valence-electron chi connectivity index (χ3n) is 2.60. The summed E-state index contributed by atoms with van der Waals surface area (Å²) in [6.45, 7) is 5.39. The van der Waals surface area contributed by atoms with E-state index in [1.54, 1.807) is 18.3 Å². The monoisotopic (exact) mass is 247 g/mol. The van der Waals surface area contributed by atoms with Crippen LogP contribution in [0.1, 0.15) is 19.7 Å². The zero-order chi connectivity index (χ0) is 13.1. The zero-order valence-corrected chi connectivity index (χ0v) is 10.6. The first-order valence-electron chi connectivity index (χ1n) is 5.89. The van der Waals surface area contributed by atoms with Crippen molar-refractivity contribution in [1.82, 2.24) is 19.3 Å². The van der Waals surface area contributed by atoms with Gasteiger partial charge in [-0.1, -0.05) is 13.8 Å². The van der Waals surface area contributed by atoms with E-state index in [2.05, 4.69) is 23.9 Å². The Morgan fingerprint density at radius 1 is 1.44 bits per heavy atom. The van der Waals surface area contributed by atoms with Gasteiger partial charge in [0.2, 0.25) is 0 Å². The molecule has 6 heteroatoms. The van der Waals surface area contributed by atoms with Crippen molar-refractivity contribution in [2.75, 3.05) is 5.73 Å². The highest BCUT2D eigenvalue weighted by Gasteiger charge is 2.08. The number of aromatic nitrogens is 4. The molecule has 0 aliphatic carbocycles. The number of rotatable bonds is 4. The molecule has 0 saturated carbocycles. The predicted octanol–water partition coefficient (Wildman–Crippen LogP) is 0.726. The van der Waals surface area contributed by atoms with Crippen molar-refractivity contribution in [3.63, 3.8) is 0 Å². The maximum absolute atomic E-state index is 11.8. The van der Waals surface area contributed by atoms with E-state index in [1.165, 1.54) is 10.9 Å². The number of hydrogen-bond acceptors (Lipinski definition) is 4. The molecular weight excluding hydrogens is 230 g/mol. The van der Waals surface area contributed by atoms with Gasteiger partial charge in [0.1, 0.15) is 12.2 Å². The van der Waals surface area contributed by atoms with Crippen LogP contribution >= 0.6 is 0 Å². The summed E-state index contributed by atoms with van der Waals surface area (Å²) in [5.41, 5.74) is 5.64. The molecule has 0 atom stereocenters. The maximum atomic E-state index is 11.8. The highest BCUT2D eigenvalue weighted by Crippen LogP contribution is 2.03. The van der Waals surface area contributed by atoms with Crippen LogP contribution in [-0.4, -0.2) is 19.3 Å². The van der Waals surface area contributed by atoms with E-state index >= 15 is 0 Å². The van der Waals surface area contributed by atoms with E-state index in [1.807, 2.05) is 4.68 Å².